The first kappa shape index (κ1) is 18.3. The Kier molecular flexibility index (Phi) is 5.20. The van der Waals surface area contributed by atoms with Gasteiger partial charge >= 0.3 is 0 Å². The summed E-state index contributed by atoms with van der Waals surface area (Å²) >= 11 is 12.0. The van der Waals surface area contributed by atoms with Crippen molar-refractivity contribution in [3.05, 3.63) is 50.6 Å². The van der Waals surface area contributed by atoms with E-state index in [0.717, 1.165) is 5.69 Å². The third kappa shape index (κ3) is 3.40. The Hall–Kier alpha value is -2.51. The minimum atomic E-state index is -0.289. The monoisotopic (exact) mass is 393 g/mol. The first-order valence-electron chi connectivity index (χ1n) is 7.86. The van der Waals surface area contributed by atoms with Crippen molar-refractivity contribution >= 4 is 51.9 Å². The van der Waals surface area contributed by atoms with Crippen LogP contribution in [0.3, 0.4) is 0 Å². The van der Waals surface area contributed by atoms with Crippen molar-refractivity contribution in [2.24, 2.45) is 7.05 Å². The van der Waals surface area contributed by atoms with Crippen LogP contribution < -0.4 is 10.5 Å². The van der Waals surface area contributed by atoms with E-state index in [1.54, 1.807) is 43.3 Å². The number of benzene rings is 1. The second kappa shape index (κ2) is 7.39. The number of aromatic nitrogens is 4. The van der Waals surface area contributed by atoms with Crippen LogP contribution in [0.15, 0.2) is 29.3 Å². The van der Waals surface area contributed by atoms with Gasteiger partial charge in [-0.15, -0.1) is 0 Å². The molecule has 7 nitrogen and oxygen atoms in total. The second-order valence-corrected chi connectivity index (χ2v) is 6.33. The molecule has 0 aliphatic heterocycles. The van der Waals surface area contributed by atoms with Crippen LogP contribution in [0, 0.1) is 0 Å². The average molecular weight is 394 g/mol. The normalized spacial score (nSPS) is 11.4. The highest BCUT2D eigenvalue weighted by molar-refractivity contribution is 6.42. The van der Waals surface area contributed by atoms with Crippen LogP contribution in [-0.2, 0) is 11.8 Å². The van der Waals surface area contributed by atoms with Gasteiger partial charge in [-0.25, -0.2) is 4.98 Å². The van der Waals surface area contributed by atoms with Crippen molar-refractivity contribution in [3.63, 3.8) is 0 Å². The summed E-state index contributed by atoms with van der Waals surface area (Å²) in [4.78, 5) is 21.6. The van der Waals surface area contributed by atoms with E-state index < -0.39 is 0 Å². The molecule has 0 radical (unpaired) electrons. The maximum Gasteiger partial charge on any atom is 0.278 e. The van der Waals surface area contributed by atoms with Gasteiger partial charge in [-0.2, -0.15) is 5.10 Å². The Morgan fingerprint density at radius 2 is 2.12 bits per heavy atom. The van der Waals surface area contributed by atoms with Gasteiger partial charge in [-0.1, -0.05) is 23.2 Å². The molecule has 0 aliphatic carbocycles. The first-order chi connectivity index (χ1) is 12.4. The minimum absolute atomic E-state index is 0.289. The Bertz CT molecular complexity index is 1040. The summed E-state index contributed by atoms with van der Waals surface area (Å²) in [6, 6.07) is 5.18. The molecule has 0 aliphatic rings. The maximum atomic E-state index is 12.5. The fourth-order valence-electron chi connectivity index (χ4n) is 2.49. The predicted molar refractivity (Wildman–Crippen MR) is 104 cm³/mol. The van der Waals surface area contributed by atoms with Crippen LogP contribution in [0.2, 0.25) is 10.0 Å². The van der Waals surface area contributed by atoms with Gasteiger partial charge in [0.25, 0.3) is 5.56 Å². The summed E-state index contributed by atoms with van der Waals surface area (Å²) in [5, 5.41) is 5.20. The van der Waals surface area contributed by atoms with E-state index in [0.29, 0.717) is 39.3 Å². The van der Waals surface area contributed by atoms with Gasteiger partial charge in [-0.05, 0) is 25.1 Å². The number of nitrogens with zero attached hydrogens (tertiary/aromatic N) is 4. The van der Waals surface area contributed by atoms with Crippen LogP contribution in [0.1, 0.15) is 12.6 Å². The molecule has 2 heterocycles. The largest absolute Gasteiger partial charge is 0.501 e. The zero-order chi connectivity index (χ0) is 18.8. The number of hydrogen-bond donors (Lipinski definition) is 1. The summed E-state index contributed by atoms with van der Waals surface area (Å²) in [7, 11) is 3.47. The van der Waals surface area contributed by atoms with E-state index in [1.807, 2.05) is 6.92 Å². The highest BCUT2D eigenvalue weighted by Crippen LogP contribution is 2.29. The molecule has 0 atom stereocenters. The van der Waals surface area contributed by atoms with Crippen LogP contribution in [0.5, 0.6) is 0 Å². The molecule has 0 unspecified atom stereocenters. The highest BCUT2D eigenvalue weighted by atomic mass is 35.5. The molecule has 3 rings (SSSR count). The van der Waals surface area contributed by atoms with Crippen LogP contribution >= 0.6 is 23.2 Å². The fraction of sp³-hybridized carbons (Fsp3) is 0.235. The van der Waals surface area contributed by atoms with Gasteiger partial charge in [0.05, 0.1) is 22.9 Å². The van der Waals surface area contributed by atoms with Crippen molar-refractivity contribution < 1.29 is 4.74 Å². The van der Waals surface area contributed by atoms with Gasteiger partial charge in [0.15, 0.2) is 5.52 Å². The van der Waals surface area contributed by atoms with E-state index in [1.165, 1.54) is 10.9 Å². The van der Waals surface area contributed by atoms with E-state index in [-0.39, 0.29) is 5.56 Å². The number of nitrogens with one attached hydrogen (secondary N) is 1. The lowest BCUT2D eigenvalue weighted by molar-refractivity contribution is 0.272. The molecule has 0 saturated heterocycles. The summed E-state index contributed by atoms with van der Waals surface area (Å²) in [5.74, 6) is 0.361. The third-order valence-electron chi connectivity index (χ3n) is 3.80. The van der Waals surface area contributed by atoms with E-state index in [2.05, 4.69) is 15.1 Å². The zero-order valence-corrected chi connectivity index (χ0v) is 16.0. The molecule has 0 spiro atoms. The van der Waals surface area contributed by atoms with Gasteiger partial charge in [0.1, 0.15) is 11.2 Å². The van der Waals surface area contributed by atoms with E-state index >= 15 is 0 Å². The molecular weight excluding hydrogens is 377 g/mol. The highest BCUT2D eigenvalue weighted by Gasteiger charge is 2.16. The SMILES string of the molecule is CCO/C=C/c1nn(C)c2c(=O)[nH]c(N(C)c3ccc(Cl)c(Cl)c3)nc12. The van der Waals surface area contributed by atoms with Gasteiger partial charge in [-0.3, -0.25) is 14.5 Å². The molecule has 1 aromatic carbocycles. The topological polar surface area (TPSA) is 76.0 Å². The number of anilines is 2. The molecule has 0 fully saturated rings. The smallest absolute Gasteiger partial charge is 0.278 e. The molecule has 26 heavy (non-hydrogen) atoms. The number of hydrogen-bond acceptors (Lipinski definition) is 5. The standard InChI is InChI=1S/C17H17Cl2N5O2/c1-4-26-8-7-13-14-15(24(3)22-13)16(25)21-17(20-14)23(2)10-5-6-11(18)12(19)9-10/h5-9H,4H2,1-3H3,(H,20,21,25)/b8-7+. The molecule has 1 N–H and O–H groups in total. The van der Waals surface area contributed by atoms with Crippen molar-refractivity contribution in [1.29, 1.82) is 0 Å². The molecule has 2 aromatic heterocycles. The predicted octanol–water partition coefficient (Wildman–Crippen LogP) is 3.74. The molecule has 0 bridgehead atoms. The van der Waals surface area contributed by atoms with E-state index in [9.17, 15) is 4.79 Å². The Balaban J connectivity index is 2.10. The summed E-state index contributed by atoms with van der Waals surface area (Å²) in [6.07, 6.45) is 3.22. The van der Waals surface area contributed by atoms with Crippen LogP contribution in [0.4, 0.5) is 11.6 Å². The average Bonchev–Trinajstić information content (AvgIpc) is 2.93. The fourth-order valence-corrected chi connectivity index (χ4v) is 2.78. The van der Waals surface area contributed by atoms with Crippen LogP contribution in [-0.4, -0.2) is 33.4 Å². The summed E-state index contributed by atoms with van der Waals surface area (Å²) in [6.45, 7) is 2.43. The van der Waals surface area contributed by atoms with Crippen molar-refractivity contribution in [1.82, 2.24) is 19.7 Å². The van der Waals surface area contributed by atoms with Crippen molar-refractivity contribution in [3.8, 4) is 0 Å². The maximum absolute atomic E-state index is 12.5. The zero-order valence-electron chi connectivity index (χ0n) is 14.5. The molecule has 136 valence electrons. The minimum Gasteiger partial charge on any atom is -0.501 e. The van der Waals surface area contributed by atoms with Gasteiger partial charge < -0.3 is 9.64 Å². The molecule has 0 saturated carbocycles. The number of H-pyrrole nitrogens is 1. The van der Waals surface area contributed by atoms with Gasteiger partial charge in [0, 0.05) is 25.9 Å². The molecular formula is C17H17Cl2N5O2. The lowest BCUT2D eigenvalue weighted by Gasteiger charge is -2.18. The lowest BCUT2D eigenvalue weighted by atomic mass is 10.3. The second-order valence-electron chi connectivity index (χ2n) is 5.51. The Labute approximate surface area is 159 Å². The lowest BCUT2D eigenvalue weighted by Crippen LogP contribution is -2.19. The quantitative estimate of drug-likeness (QED) is 0.668. The van der Waals surface area contributed by atoms with Crippen LogP contribution in [0.25, 0.3) is 17.1 Å². The summed E-state index contributed by atoms with van der Waals surface area (Å²) in [5.41, 5.74) is 1.85. The third-order valence-corrected chi connectivity index (χ3v) is 4.54. The summed E-state index contributed by atoms with van der Waals surface area (Å²) < 4.78 is 6.71. The van der Waals surface area contributed by atoms with Crippen molar-refractivity contribution in [2.75, 3.05) is 18.6 Å². The molecule has 3 aromatic rings. The molecule has 0 amide bonds. The number of rotatable bonds is 5. The van der Waals surface area contributed by atoms with Crippen molar-refractivity contribution in [2.45, 2.75) is 6.92 Å². The Morgan fingerprint density at radius 3 is 2.81 bits per heavy atom. The number of ether oxygens (including phenoxy) is 1. The Morgan fingerprint density at radius 1 is 1.35 bits per heavy atom. The number of aryl methyl sites for hydroxylation is 1. The molecule has 9 heteroatoms. The van der Waals surface area contributed by atoms with Gasteiger partial charge in [0.2, 0.25) is 5.95 Å². The van der Waals surface area contributed by atoms with E-state index in [4.69, 9.17) is 27.9 Å². The number of aromatic amines is 1. The number of fused-ring (bicyclic) bond motifs is 1. The first-order valence-corrected chi connectivity index (χ1v) is 8.62. The number of halogens is 2.